The molecule has 0 aliphatic carbocycles. The molecule has 0 unspecified atom stereocenters. The summed E-state index contributed by atoms with van der Waals surface area (Å²) in [6.45, 7) is 1.66. The van der Waals surface area contributed by atoms with Crippen molar-refractivity contribution in [2.45, 2.75) is 13.1 Å². The van der Waals surface area contributed by atoms with Crippen LogP contribution in [0.15, 0.2) is 57.7 Å². The van der Waals surface area contributed by atoms with Crippen molar-refractivity contribution >= 4 is 22.6 Å². The molecule has 0 fully saturated rings. The second kappa shape index (κ2) is 6.08. The number of fused-ring (bicyclic) bond motifs is 1. The summed E-state index contributed by atoms with van der Waals surface area (Å²) in [5.41, 5.74) is 0.407. The Kier molecular flexibility index (Phi) is 4.08. The summed E-state index contributed by atoms with van der Waals surface area (Å²) in [7, 11) is 0. The quantitative estimate of drug-likeness (QED) is 0.704. The Hall–Kier alpha value is -3.09. The van der Waals surface area contributed by atoms with E-state index < -0.39 is 17.7 Å². The van der Waals surface area contributed by atoms with Crippen molar-refractivity contribution in [1.29, 1.82) is 0 Å². The predicted octanol–water partition coefficient (Wildman–Crippen LogP) is 4.27. The maximum atomic E-state index is 12.6. The van der Waals surface area contributed by atoms with Gasteiger partial charge in [0, 0.05) is 16.6 Å². The number of benzene rings is 2. The highest BCUT2D eigenvalue weighted by Gasteiger charge is 2.39. The average molecular weight is 347 g/mol. The number of carbonyl (C=O) groups excluding carboxylic acids is 1. The Bertz CT molecular complexity index is 1020. The highest BCUT2D eigenvalue weighted by Crippen LogP contribution is 2.30. The van der Waals surface area contributed by atoms with E-state index in [-0.39, 0.29) is 16.8 Å². The lowest BCUT2D eigenvalue weighted by Crippen LogP contribution is -2.30. The van der Waals surface area contributed by atoms with Crippen LogP contribution in [0.1, 0.15) is 5.56 Å². The fraction of sp³-hybridized carbons (Fsp3) is 0.111. The third-order valence-electron chi connectivity index (χ3n) is 3.61. The largest absolute Gasteiger partial charge is 0.471 e. The van der Waals surface area contributed by atoms with E-state index in [4.69, 9.17) is 4.42 Å². The van der Waals surface area contributed by atoms with Crippen molar-refractivity contribution in [3.05, 3.63) is 64.5 Å². The van der Waals surface area contributed by atoms with E-state index in [1.165, 1.54) is 18.2 Å². The number of hydrogen-bond donors (Lipinski definition) is 1. The van der Waals surface area contributed by atoms with Crippen LogP contribution in [0, 0.1) is 6.92 Å². The second-order valence-electron chi connectivity index (χ2n) is 5.49. The van der Waals surface area contributed by atoms with E-state index in [0.29, 0.717) is 16.5 Å². The smallest absolute Gasteiger partial charge is 0.422 e. The first kappa shape index (κ1) is 16.8. The number of alkyl halides is 3. The van der Waals surface area contributed by atoms with Gasteiger partial charge in [0.1, 0.15) is 5.58 Å². The van der Waals surface area contributed by atoms with Crippen LogP contribution in [-0.2, 0) is 4.79 Å². The van der Waals surface area contributed by atoms with Gasteiger partial charge in [0.25, 0.3) is 0 Å². The van der Waals surface area contributed by atoms with Crippen molar-refractivity contribution in [2.75, 3.05) is 5.32 Å². The molecule has 0 bridgehead atoms. The van der Waals surface area contributed by atoms with Gasteiger partial charge in [-0.25, -0.2) is 4.79 Å². The van der Waals surface area contributed by atoms with Gasteiger partial charge in [-0.15, -0.1) is 0 Å². The van der Waals surface area contributed by atoms with Crippen LogP contribution in [0.25, 0.3) is 22.1 Å². The van der Waals surface area contributed by atoms with Crippen molar-refractivity contribution in [1.82, 2.24) is 0 Å². The fourth-order valence-electron chi connectivity index (χ4n) is 2.44. The number of nitrogens with one attached hydrogen (secondary N) is 1. The zero-order chi connectivity index (χ0) is 18.2. The lowest BCUT2D eigenvalue weighted by atomic mass is 10.0. The number of rotatable bonds is 2. The maximum absolute atomic E-state index is 12.6. The molecular weight excluding hydrogens is 335 g/mol. The van der Waals surface area contributed by atoms with E-state index >= 15 is 0 Å². The van der Waals surface area contributed by atoms with Crippen LogP contribution in [-0.4, -0.2) is 12.1 Å². The molecule has 3 rings (SSSR count). The maximum Gasteiger partial charge on any atom is 0.471 e. The molecule has 1 N–H and O–H groups in total. The minimum atomic E-state index is -5.03. The van der Waals surface area contributed by atoms with Crippen molar-refractivity contribution < 1.29 is 22.4 Å². The third-order valence-corrected chi connectivity index (χ3v) is 3.61. The molecule has 2 aromatic carbocycles. The molecule has 0 saturated carbocycles. The van der Waals surface area contributed by atoms with E-state index in [1.807, 2.05) is 5.32 Å². The molecule has 4 nitrogen and oxygen atoms in total. The standard InChI is InChI=1S/C18H12F3NO3/c1-10-6-7-12(14(8-10)22-17(24)18(19,20)21)13-9-11-4-2-3-5-15(11)25-16(13)23/h2-9H,1H3,(H,22,24). The lowest BCUT2D eigenvalue weighted by Gasteiger charge is -2.13. The number of carbonyl (C=O) groups is 1. The highest BCUT2D eigenvalue weighted by molar-refractivity contribution is 5.99. The molecule has 1 aromatic heterocycles. The second-order valence-corrected chi connectivity index (χ2v) is 5.49. The van der Waals surface area contributed by atoms with E-state index in [0.717, 1.165) is 0 Å². The van der Waals surface area contributed by atoms with E-state index in [1.54, 1.807) is 37.3 Å². The predicted molar refractivity (Wildman–Crippen MR) is 87.3 cm³/mol. The summed E-state index contributed by atoms with van der Waals surface area (Å²) in [6.07, 6.45) is -5.03. The zero-order valence-electron chi connectivity index (χ0n) is 13.0. The zero-order valence-corrected chi connectivity index (χ0v) is 13.0. The molecule has 0 aliphatic heterocycles. The first-order chi connectivity index (χ1) is 11.8. The van der Waals surface area contributed by atoms with Crippen LogP contribution >= 0.6 is 0 Å². The molecule has 0 spiro atoms. The Morgan fingerprint density at radius 3 is 2.48 bits per heavy atom. The van der Waals surface area contributed by atoms with Gasteiger partial charge in [-0.1, -0.05) is 30.3 Å². The Balaban J connectivity index is 2.16. The Morgan fingerprint density at radius 2 is 1.76 bits per heavy atom. The van der Waals surface area contributed by atoms with Gasteiger partial charge in [-0.05, 0) is 30.7 Å². The molecule has 25 heavy (non-hydrogen) atoms. The molecule has 7 heteroatoms. The van der Waals surface area contributed by atoms with Gasteiger partial charge in [-0.3, -0.25) is 4.79 Å². The van der Waals surface area contributed by atoms with Crippen molar-refractivity contribution in [2.24, 2.45) is 0 Å². The van der Waals surface area contributed by atoms with Crippen LogP contribution in [0.4, 0.5) is 18.9 Å². The van der Waals surface area contributed by atoms with Gasteiger partial charge in [0.15, 0.2) is 0 Å². The minimum Gasteiger partial charge on any atom is -0.422 e. The SMILES string of the molecule is Cc1ccc(-c2cc3ccccc3oc2=O)c(NC(=O)C(F)(F)F)c1. The molecule has 0 atom stereocenters. The van der Waals surface area contributed by atoms with Crippen molar-refractivity contribution in [3.8, 4) is 11.1 Å². The Labute approximate surface area is 139 Å². The van der Waals surface area contributed by atoms with Gasteiger partial charge in [-0.2, -0.15) is 13.2 Å². The topological polar surface area (TPSA) is 59.3 Å². The molecule has 1 amide bonds. The number of aryl methyl sites for hydroxylation is 1. The van der Waals surface area contributed by atoms with Gasteiger partial charge in [0.2, 0.25) is 0 Å². The average Bonchev–Trinajstić information content (AvgIpc) is 2.54. The molecule has 0 saturated heterocycles. The van der Waals surface area contributed by atoms with Crippen LogP contribution < -0.4 is 10.9 Å². The molecule has 0 radical (unpaired) electrons. The number of anilines is 1. The number of halogens is 3. The van der Waals surface area contributed by atoms with Crippen molar-refractivity contribution in [3.63, 3.8) is 0 Å². The van der Waals surface area contributed by atoms with Crippen LogP contribution in [0.5, 0.6) is 0 Å². The Morgan fingerprint density at radius 1 is 1.04 bits per heavy atom. The summed E-state index contributed by atoms with van der Waals surface area (Å²) in [6, 6.07) is 12.8. The fourth-order valence-corrected chi connectivity index (χ4v) is 2.44. The number of amides is 1. The minimum absolute atomic E-state index is 0.0659. The molecule has 1 heterocycles. The first-order valence-corrected chi connectivity index (χ1v) is 7.28. The number of para-hydroxylation sites is 1. The lowest BCUT2D eigenvalue weighted by molar-refractivity contribution is -0.167. The summed E-state index contributed by atoms with van der Waals surface area (Å²) in [5, 5.41) is 2.44. The molecule has 3 aromatic rings. The molecule has 0 aliphatic rings. The summed E-state index contributed by atoms with van der Waals surface area (Å²) >= 11 is 0. The summed E-state index contributed by atoms with van der Waals surface area (Å²) < 4.78 is 42.9. The summed E-state index contributed by atoms with van der Waals surface area (Å²) in [5.74, 6) is -2.11. The highest BCUT2D eigenvalue weighted by atomic mass is 19.4. The van der Waals surface area contributed by atoms with E-state index in [9.17, 15) is 22.8 Å². The van der Waals surface area contributed by atoms with E-state index in [2.05, 4.69) is 0 Å². The monoisotopic (exact) mass is 347 g/mol. The van der Waals surface area contributed by atoms with Gasteiger partial charge < -0.3 is 9.73 Å². The summed E-state index contributed by atoms with van der Waals surface area (Å²) in [4.78, 5) is 23.5. The molecular formula is C18H12F3NO3. The number of hydrogen-bond acceptors (Lipinski definition) is 3. The third kappa shape index (κ3) is 3.40. The van der Waals surface area contributed by atoms with Crippen LogP contribution in [0.3, 0.4) is 0 Å². The van der Waals surface area contributed by atoms with Gasteiger partial charge in [0.05, 0.1) is 5.56 Å². The first-order valence-electron chi connectivity index (χ1n) is 7.28. The normalized spacial score (nSPS) is 11.5. The molecule has 128 valence electrons. The van der Waals surface area contributed by atoms with Gasteiger partial charge >= 0.3 is 17.7 Å². The van der Waals surface area contributed by atoms with Crippen LogP contribution in [0.2, 0.25) is 0 Å².